The summed E-state index contributed by atoms with van der Waals surface area (Å²) in [5.41, 5.74) is 1.56. The second kappa shape index (κ2) is 11.4. The summed E-state index contributed by atoms with van der Waals surface area (Å²) in [5, 5.41) is 4.79. The second-order valence-electron chi connectivity index (χ2n) is 6.30. The fourth-order valence-corrected chi connectivity index (χ4v) is 3.28. The van der Waals surface area contributed by atoms with Gasteiger partial charge in [-0.15, -0.1) is 11.8 Å². The molecule has 0 heterocycles. The third-order valence-electron chi connectivity index (χ3n) is 4.33. The minimum atomic E-state index is -0.692. The van der Waals surface area contributed by atoms with Gasteiger partial charge in [-0.3, -0.25) is 10.1 Å². The average molecular weight is 407 g/mol. The Morgan fingerprint density at radius 1 is 1.21 bits per heavy atom. The molecule has 0 bridgehead atoms. The molecular formula is C20H26N2O5S. The number of hydrogen-bond acceptors (Lipinski definition) is 6. The van der Waals surface area contributed by atoms with Crippen molar-refractivity contribution >= 4 is 29.7 Å². The van der Waals surface area contributed by atoms with Gasteiger partial charge in [0, 0.05) is 11.4 Å². The summed E-state index contributed by atoms with van der Waals surface area (Å²) < 4.78 is 10.2. The van der Waals surface area contributed by atoms with E-state index < -0.39 is 24.5 Å². The predicted molar refractivity (Wildman–Crippen MR) is 108 cm³/mol. The van der Waals surface area contributed by atoms with Crippen LogP contribution in [0.15, 0.2) is 34.7 Å². The first-order valence-corrected chi connectivity index (χ1v) is 10.4. The molecule has 0 saturated carbocycles. The third-order valence-corrected chi connectivity index (χ3v) is 5.06. The number of hydrogen-bond donors (Lipinski definition) is 2. The van der Waals surface area contributed by atoms with Gasteiger partial charge in [-0.1, -0.05) is 11.6 Å². The summed E-state index contributed by atoms with van der Waals surface area (Å²) in [7, 11) is 1.45. The lowest BCUT2D eigenvalue weighted by atomic mass is 9.97. The molecular weight excluding hydrogens is 380 g/mol. The monoisotopic (exact) mass is 406 g/mol. The zero-order valence-corrected chi connectivity index (χ0v) is 17.0. The summed E-state index contributed by atoms with van der Waals surface area (Å²) in [5.74, 6) is -1.02. The number of ether oxygens (including phenoxy) is 2. The molecule has 1 aromatic carbocycles. The Hall–Kier alpha value is -2.48. The van der Waals surface area contributed by atoms with E-state index in [-0.39, 0.29) is 5.56 Å². The number of rotatable bonds is 8. The maximum atomic E-state index is 12.2. The fourth-order valence-electron chi connectivity index (χ4n) is 2.85. The number of nitrogens with one attached hydrogen (secondary N) is 2. The quantitative estimate of drug-likeness (QED) is 0.391. The maximum absolute atomic E-state index is 12.2. The molecule has 8 heteroatoms. The zero-order valence-electron chi connectivity index (χ0n) is 16.2. The molecule has 0 radical (unpaired) electrons. The smallest absolute Gasteiger partial charge is 0.342 e. The van der Waals surface area contributed by atoms with E-state index in [2.05, 4.69) is 16.7 Å². The molecule has 1 aliphatic carbocycles. The minimum Gasteiger partial charge on any atom is -0.496 e. The molecule has 28 heavy (non-hydrogen) atoms. The van der Waals surface area contributed by atoms with Gasteiger partial charge in [-0.2, -0.15) is 0 Å². The number of benzene rings is 1. The van der Waals surface area contributed by atoms with Crippen LogP contribution >= 0.6 is 11.8 Å². The van der Waals surface area contributed by atoms with Crippen LogP contribution in [0.1, 0.15) is 42.5 Å². The molecule has 0 spiro atoms. The lowest BCUT2D eigenvalue weighted by molar-refractivity contribution is -0.123. The third kappa shape index (κ3) is 6.92. The Kier molecular flexibility index (Phi) is 8.87. The van der Waals surface area contributed by atoms with Gasteiger partial charge in [-0.25, -0.2) is 9.59 Å². The van der Waals surface area contributed by atoms with Crippen LogP contribution in [0, 0.1) is 0 Å². The molecule has 152 valence electrons. The largest absolute Gasteiger partial charge is 0.496 e. The Morgan fingerprint density at radius 2 is 2.04 bits per heavy atom. The molecule has 0 atom stereocenters. The van der Waals surface area contributed by atoms with Gasteiger partial charge in [0.05, 0.1) is 7.11 Å². The lowest BCUT2D eigenvalue weighted by Crippen LogP contribution is -2.41. The molecule has 0 aliphatic heterocycles. The van der Waals surface area contributed by atoms with Crippen LogP contribution in [0.2, 0.25) is 0 Å². The number of thioether (sulfide) groups is 1. The molecule has 3 amide bonds. The number of urea groups is 1. The van der Waals surface area contributed by atoms with Gasteiger partial charge in [0.1, 0.15) is 11.3 Å². The van der Waals surface area contributed by atoms with Gasteiger partial charge < -0.3 is 14.8 Å². The molecule has 0 saturated heterocycles. The Morgan fingerprint density at radius 3 is 2.71 bits per heavy atom. The van der Waals surface area contributed by atoms with Crippen molar-refractivity contribution in [3.8, 4) is 5.75 Å². The topological polar surface area (TPSA) is 93.7 Å². The van der Waals surface area contributed by atoms with E-state index in [9.17, 15) is 14.4 Å². The Labute approximate surface area is 169 Å². The maximum Gasteiger partial charge on any atom is 0.342 e. The van der Waals surface area contributed by atoms with Gasteiger partial charge >= 0.3 is 12.0 Å². The van der Waals surface area contributed by atoms with Crippen molar-refractivity contribution in [1.29, 1.82) is 0 Å². The second-order valence-corrected chi connectivity index (χ2v) is 7.18. The first kappa shape index (κ1) is 21.8. The lowest BCUT2D eigenvalue weighted by Gasteiger charge is -2.13. The molecule has 0 aromatic heterocycles. The van der Waals surface area contributed by atoms with Gasteiger partial charge in [0.15, 0.2) is 6.61 Å². The highest BCUT2D eigenvalue weighted by Crippen LogP contribution is 2.25. The summed E-state index contributed by atoms with van der Waals surface area (Å²) >= 11 is 1.52. The highest BCUT2D eigenvalue weighted by atomic mass is 32.2. The van der Waals surface area contributed by atoms with Crippen molar-refractivity contribution in [3.63, 3.8) is 0 Å². The van der Waals surface area contributed by atoms with Gasteiger partial charge in [-0.05, 0) is 56.6 Å². The number of amides is 3. The first-order chi connectivity index (χ1) is 13.5. The van der Waals surface area contributed by atoms with E-state index in [1.165, 1.54) is 37.3 Å². The molecule has 2 N–H and O–H groups in total. The van der Waals surface area contributed by atoms with E-state index in [1.54, 1.807) is 18.2 Å². The Bertz CT molecular complexity index is 748. The molecule has 0 fully saturated rings. The number of methoxy groups -OCH3 is 1. The highest BCUT2D eigenvalue weighted by molar-refractivity contribution is 7.98. The van der Waals surface area contributed by atoms with Crippen LogP contribution in [0.25, 0.3) is 0 Å². The van der Waals surface area contributed by atoms with Crippen molar-refractivity contribution in [3.05, 3.63) is 35.4 Å². The molecule has 7 nitrogen and oxygen atoms in total. The van der Waals surface area contributed by atoms with E-state index >= 15 is 0 Å². The van der Waals surface area contributed by atoms with Crippen molar-refractivity contribution in [2.75, 3.05) is 26.5 Å². The summed E-state index contributed by atoms with van der Waals surface area (Å²) in [6, 6.07) is 4.46. The zero-order chi connectivity index (χ0) is 20.4. The van der Waals surface area contributed by atoms with Crippen LogP contribution in [-0.4, -0.2) is 44.4 Å². The van der Waals surface area contributed by atoms with Gasteiger partial charge in [0.25, 0.3) is 5.91 Å². The van der Waals surface area contributed by atoms with E-state index in [4.69, 9.17) is 9.47 Å². The van der Waals surface area contributed by atoms with Crippen molar-refractivity contribution in [2.45, 2.75) is 37.0 Å². The number of allylic oxidation sites excluding steroid dienone is 1. The molecule has 1 aliphatic rings. The number of esters is 1. The van der Waals surface area contributed by atoms with Crippen LogP contribution in [0.3, 0.4) is 0 Å². The standard InChI is InChI=1S/C20H26N2O5S/c1-26-17-12-15(28-2)8-9-16(17)19(24)27-13-18(23)22-20(25)21-11-10-14-6-4-3-5-7-14/h6,8-9,12H,3-5,7,10-11,13H2,1-2H3,(H2,21,22,23,25). The Balaban J connectivity index is 1.73. The normalized spacial score (nSPS) is 13.3. The van der Waals surface area contributed by atoms with Gasteiger partial charge in [0.2, 0.25) is 0 Å². The SMILES string of the molecule is COc1cc(SC)ccc1C(=O)OCC(=O)NC(=O)NCCC1=CCCCC1. The first-order valence-electron chi connectivity index (χ1n) is 9.18. The number of imide groups is 1. The van der Waals surface area contributed by atoms with E-state index in [1.807, 2.05) is 6.26 Å². The summed E-state index contributed by atoms with van der Waals surface area (Å²) in [4.78, 5) is 36.7. The molecule has 1 aromatic rings. The highest BCUT2D eigenvalue weighted by Gasteiger charge is 2.17. The van der Waals surface area contributed by atoms with Crippen LogP contribution in [0.4, 0.5) is 4.79 Å². The van der Waals surface area contributed by atoms with Crippen LogP contribution < -0.4 is 15.4 Å². The number of carbonyl (C=O) groups is 3. The fraction of sp³-hybridized carbons (Fsp3) is 0.450. The van der Waals surface area contributed by atoms with Crippen molar-refractivity contribution in [2.24, 2.45) is 0 Å². The number of carbonyl (C=O) groups excluding carboxylic acids is 3. The summed E-state index contributed by atoms with van der Waals surface area (Å²) in [6.07, 6.45) is 9.48. The predicted octanol–water partition coefficient (Wildman–Crippen LogP) is 3.29. The summed E-state index contributed by atoms with van der Waals surface area (Å²) in [6.45, 7) is -0.0887. The van der Waals surface area contributed by atoms with E-state index in [0.29, 0.717) is 12.3 Å². The van der Waals surface area contributed by atoms with E-state index in [0.717, 1.165) is 24.2 Å². The van der Waals surface area contributed by atoms with Crippen LogP contribution in [-0.2, 0) is 9.53 Å². The molecule has 0 unspecified atom stereocenters. The minimum absolute atomic E-state index is 0.221. The average Bonchev–Trinajstić information content (AvgIpc) is 2.72. The van der Waals surface area contributed by atoms with Crippen molar-refractivity contribution in [1.82, 2.24) is 10.6 Å². The molecule has 2 rings (SSSR count). The van der Waals surface area contributed by atoms with Crippen molar-refractivity contribution < 1.29 is 23.9 Å². The van der Waals surface area contributed by atoms with Crippen LogP contribution in [0.5, 0.6) is 5.75 Å².